The van der Waals surface area contributed by atoms with E-state index in [9.17, 15) is 8.76 Å². The minimum absolute atomic E-state index is 0.292. The Morgan fingerprint density at radius 2 is 1.89 bits per heavy atom. The van der Waals surface area contributed by atoms with Gasteiger partial charge in [0.25, 0.3) is 0 Å². The standard InChI is InChI=1S/C14H11NO2S2/c1-9-2-7-12-13(8-9)18-14(15-12)10-3-5-11(6-4-10)19(16)17/h2-8H,1H3,(H,16,17)/p-1. The summed E-state index contributed by atoms with van der Waals surface area (Å²) in [6.45, 7) is 2.05. The van der Waals surface area contributed by atoms with E-state index >= 15 is 0 Å². The monoisotopic (exact) mass is 288 g/mol. The Morgan fingerprint density at radius 1 is 1.16 bits per heavy atom. The summed E-state index contributed by atoms with van der Waals surface area (Å²) >= 11 is -0.565. The van der Waals surface area contributed by atoms with Gasteiger partial charge in [0.2, 0.25) is 0 Å². The SMILES string of the molecule is Cc1ccc2nc(-c3ccc(S(=O)[O-])cc3)sc2c1. The minimum atomic E-state index is -2.18. The summed E-state index contributed by atoms with van der Waals surface area (Å²) in [5, 5.41) is 0.906. The minimum Gasteiger partial charge on any atom is -0.768 e. The summed E-state index contributed by atoms with van der Waals surface area (Å²) in [7, 11) is 0. The molecule has 3 rings (SSSR count). The van der Waals surface area contributed by atoms with Crippen molar-refractivity contribution in [1.82, 2.24) is 4.98 Å². The second kappa shape index (κ2) is 4.85. The van der Waals surface area contributed by atoms with E-state index in [1.54, 1.807) is 35.6 Å². The van der Waals surface area contributed by atoms with Crippen molar-refractivity contribution in [2.45, 2.75) is 11.8 Å². The van der Waals surface area contributed by atoms with Crippen molar-refractivity contribution in [3.8, 4) is 10.6 Å². The maximum absolute atomic E-state index is 10.8. The lowest BCUT2D eigenvalue weighted by Gasteiger charge is -2.04. The molecule has 0 N–H and O–H groups in total. The molecule has 3 aromatic rings. The molecular weight excluding hydrogens is 278 g/mol. The van der Waals surface area contributed by atoms with E-state index in [1.165, 1.54) is 5.56 Å². The molecule has 19 heavy (non-hydrogen) atoms. The van der Waals surface area contributed by atoms with Crippen LogP contribution in [0.25, 0.3) is 20.8 Å². The Labute approximate surface area is 117 Å². The van der Waals surface area contributed by atoms with Crippen LogP contribution in [0.5, 0.6) is 0 Å². The van der Waals surface area contributed by atoms with E-state index in [0.29, 0.717) is 4.90 Å². The van der Waals surface area contributed by atoms with Gasteiger partial charge in [-0.25, -0.2) is 4.98 Å². The first-order valence-corrected chi connectivity index (χ1v) is 7.59. The Kier molecular flexibility index (Phi) is 3.18. The van der Waals surface area contributed by atoms with E-state index < -0.39 is 11.1 Å². The van der Waals surface area contributed by atoms with Crippen LogP contribution in [-0.4, -0.2) is 13.7 Å². The number of hydrogen-bond acceptors (Lipinski definition) is 4. The van der Waals surface area contributed by atoms with E-state index in [1.807, 2.05) is 12.1 Å². The number of aromatic nitrogens is 1. The maximum Gasteiger partial charge on any atom is 0.124 e. The first kappa shape index (κ1) is 12.5. The molecule has 0 saturated heterocycles. The Balaban J connectivity index is 2.06. The molecule has 0 spiro atoms. The number of hydrogen-bond donors (Lipinski definition) is 0. The van der Waals surface area contributed by atoms with Gasteiger partial charge in [-0.05, 0) is 47.8 Å². The molecule has 1 atom stereocenters. The molecule has 0 saturated carbocycles. The third-order valence-corrected chi connectivity index (χ3v) is 4.56. The molecule has 0 fully saturated rings. The van der Waals surface area contributed by atoms with E-state index in [-0.39, 0.29) is 0 Å². The summed E-state index contributed by atoms with van der Waals surface area (Å²) in [4.78, 5) is 4.86. The van der Waals surface area contributed by atoms with Gasteiger partial charge in [0.05, 0.1) is 10.2 Å². The molecule has 0 bridgehead atoms. The Morgan fingerprint density at radius 3 is 2.58 bits per heavy atom. The molecule has 3 nitrogen and oxygen atoms in total. The average molecular weight is 288 g/mol. The van der Waals surface area contributed by atoms with Crippen molar-refractivity contribution in [3.63, 3.8) is 0 Å². The van der Waals surface area contributed by atoms with E-state index in [2.05, 4.69) is 18.0 Å². The first-order valence-electron chi connectivity index (χ1n) is 5.70. The molecule has 2 aromatic carbocycles. The van der Waals surface area contributed by atoms with Crippen LogP contribution in [0.1, 0.15) is 5.56 Å². The number of benzene rings is 2. The summed E-state index contributed by atoms with van der Waals surface area (Å²) in [6.07, 6.45) is 0. The van der Waals surface area contributed by atoms with Crippen molar-refractivity contribution in [3.05, 3.63) is 48.0 Å². The zero-order valence-corrected chi connectivity index (χ0v) is 11.8. The topological polar surface area (TPSA) is 53.0 Å². The summed E-state index contributed by atoms with van der Waals surface area (Å²) < 4.78 is 22.8. The van der Waals surface area contributed by atoms with Gasteiger partial charge >= 0.3 is 0 Å². The van der Waals surface area contributed by atoms with Crippen molar-refractivity contribution >= 4 is 32.6 Å². The fourth-order valence-corrected chi connectivity index (χ4v) is 3.29. The highest BCUT2D eigenvalue weighted by Gasteiger charge is 2.06. The van der Waals surface area contributed by atoms with Gasteiger partial charge in [0.1, 0.15) is 5.01 Å². The van der Waals surface area contributed by atoms with Crippen LogP contribution in [0, 0.1) is 6.92 Å². The molecule has 1 unspecified atom stereocenters. The van der Waals surface area contributed by atoms with Crippen molar-refractivity contribution in [1.29, 1.82) is 0 Å². The number of aryl methyl sites for hydroxylation is 1. The van der Waals surface area contributed by atoms with Gasteiger partial charge in [0, 0.05) is 10.5 Å². The van der Waals surface area contributed by atoms with Gasteiger partial charge < -0.3 is 4.55 Å². The second-order valence-electron chi connectivity index (χ2n) is 4.25. The van der Waals surface area contributed by atoms with E-state index in [0.717, 1.165) is 20.8 Å². The van der Waals surface area contributed by atoms with Gasteiger partial charge in [-0.15, -0.1) is 11.3 Å². The highest BCUT2D eigenvalue weighted by molar-refractivity contribution is 7.79. The third kappa shape index (κ3) is 2.45. The number of fused-ring (bicyclic) bond motifs is 1. The normalized spacial score (nSPS) is 12.7. The molecule has 0 aliphatic rings. The zero-order valence-electron chi connectivity index (χ0n) is 10.1. The molecule has 5 heteroatoms. The average Bonchev–Trinajstić information content (AvgIpc) is 2.81. The fourth-order valence-electron chi connectivity index (χ4n) is 1.86. The summed E-state index contributed by atoms with van der Waals surface area (Å²) in [5.41, 5.74) is 3.12. The second-order valence-corrected chi connectivity index (χ2v) is 6.22. The zero-order chi connectivity index (χ0) is 13.4. The van der Waals surface area contributed by atoms with Crippen LogP contribution in [0.3, 0.4) is 0 Å². The Hall–Kier alpha value is -1.56. The third-order valence-electron chi connectivity index (χ3n) is 2.84. The van der Waals surface area contributed by atoms with Gasteiger partial charge in [0.15, 0.2) is 0 Å². The van der Waals surface area contributed by atoms with E-state index in [4.69, 9.17) is 0 Å². The number of rotatable bonds is 2. The predicted octanol–water partition coefficient (Wildman–Crippen LogP) is 3.51. The van der Waals surface area contributed by atoms with Crippen molar-refractivity contribution in [2.24, 2.45) is 0 Å². The van der Waals surface area contributed by atoms with Crippen molar-refractivity contribution in [2.75, 3.05) is 0 Å². The first-order chi connectivity index (χ1) is 9.13. The molecule has 0 amide bonds. The van der Waals surface area contributed by atoms with Crippen LogP contribution < -0.4 is 0 Å². The van der Waals surface area contributed by atoms with Gasteiger partial charge in [-0.1, -0.05) is 18.2 Å². The molecule has 1 heterocycles. The van der Waals surface area contributed by atoms with Gasteiger partial charge in [-0.3, -0.25) is 4.21 Å². The molecule has 0 radical (unpaired) electrons. The van der Waals surface area contributed by atoms with Crippen LogP contribution in [0.4, 0.5) is 0 Å². The molecule has 96 valence electrons. The lowest BCUT2D eigenvalue weighted by atomic mass is 10.2. The Bertz CT molecular complexity index is 763. The van der Waals surface area contributed by atoms with Crippen LogP contribution in [0.2, 0.25) is 0 Å². The number of thiazole rings is 1. The van der Waals surface area contributed by atoms with Crippen LogP contribution in [0.15, 0.2) is 47.4 Å². The lowest BCUT2D eigenvalue weighted by molar-refractivity contribution is 0.537. The fraction of sp³-hybridized carbons (Fsp3) is 0.0714. The maximum atomic E-state index is 10.8. The predicted molar refractivity (Wildman–Crippen MR) is 77.0 cm³/mol. The van der Waals surface area contributed by atoms with Gasteiger partial charge in [-0.2, -0.15) is 0 Å². The molecular formula is C14H10NO2S2-. The molecule has 0 aliphatic heterocycles. The summed E-state index contributed by atoms with van der Waals surface area (Å²) in [5.74, 6) is 0. The largest absolute Gasteiger partial charge is 0.768 e. The quantitative estimate of drug-likeness (QED) is 0.678. The summed E-state index contributed by atoms with van der Waals surface area (Å²) in [6, 6.07) is 12.9. The molecule has 1 aromatic heterocycles. The van der Waals surface area contributed by atoms with Crippen LogP contribution in [-0.2, 0) is 11.1 Å². The van der Waals surface area contributed by atoms with Crippen LogP contribution >= 0.6 is 11.3 Å². The lowest BCUT2D eigenvalue weighted by Crippen LogP contribution is -1.87. The highest BCUT2D eigenvalue weighted by Crippen LogP contribution is 2.30. The molecule has 0 aliphatic carbocycles. The highest BCUT2D eigenvalue weighted by atomic mass is 32.2. The smallest absolute Gasteiger partial charge is 0.124 e. The van der Waals surface area contributed by atoms with Crippen molar-refractivity contribution < 1.29 is 8.76 Å². The number of nitrogens with zero attached hydrogens (tertiary/aromatic N) is 1.